The van der Waals surface area contributed by atoms with Gasteiger partial charge in [-0.25, -0.2) is 0 Å². The molecule has 0 bridgehead atoms. The maximum atomic E-state index is 5.80. The van der Waals surface area contributed by atoms with Crippen LogP contribution in [-0.2, 0) is 12.4 Å². The van der Waals surface area contributed by atoms with Gasteiger partial charge in [0.1, 0.15) is 5.75 Å². The largest absolute Gasteiger partial charge is 0.484 e. The number of nitrogens with zero attached hydrogens (tertiary/aromatic N) is 4. The second-order valence-corrected chi connectivity index (χ2v) is 5.57. The molecular formula is C13H11ClN4O3S. The van der Waals surface area contributed by atoms with Crippen LogP contribution in [0.5, 0.6) is 5.75 Å². The first-order valence-corrected chi connectivity index (χ1v) is 7.68. The monoisotopic (exact) mass is 338 g/mol. The minimum atomic E-state index is 0.189. The summed E-state index contributed by atoms with van der Waals surface area (Å²) in [7, 11) is 0. The highest BCUT2D eigenvalue weighted by Gasteiger charge is 2.10. The first kappa shape index (κ1) is 14.9. The lowest BCUT2D eigenvalue weighted by Gasteiger charge is -2.02. The molecule has 0 N–H and O–H groups in total. The number of halogens is 1. The van der Waals surface area contributed by atoms with Gasteiger partial charge < -0.3 is 13.6 Å². The van der Waals surface area contributed by atoms with Gasteiger partial charge in [0, 0.05) is 11.9 Å². The third kappa shape index (κ3) is 3.99. The highest BCUT2D eigenvalue weighted by Crippen LogP contribution is 2.22. The molecule has 0 spiro atoms. The van der Waals surface area contributed by atoms with Gasteiger partial charge in [0.2, 0.25) is 11.8 Å². The molecule has 0 unspecified atom stereocenters. The molecule has 9 heteroatoms. The van der Waals surface area contributed by atoms with Gasteiger partial charge in [-0.1, -0.05) is 23.4 Å². The van der Waals surface area contributed by atoms with Gasteiger partial charge in [-0.2, -0.15) is 0 Å². The fourth-order valence-electron chi connectivity index (χ4n) is 1.55. The summed E-state index contributed by atoms with van der Waals surface area (Å²) < 4.78 is 16.2. The first-order chi connectivity index (χ1) is 10.7. The van der Waals surface area contributed by atoms with Crippen LogP contribution in [-0.4, -0.2) is 20.4 Å². The number of rotatable bonds is 6. The van der Waals surface area contributed by atoms with E-state index in [1.165, 1.54) is 11.8 Å². The minimum absolute atomic E-state index is 0.189. The Labute approximate surface area is 135 Å². The molecular weight excluding hydrogens is 328 g/mol. The van der Waals surface area contributed by atoms with Gasteiger partial charge in [-0.15, -0.1) is 20.4 Å². The fourth-order valence-corrected chi connectivity index (χ4v) is 2.29. The van der Waals surface area contributed by atoms with Crippen molar-refractivity contribution in [3.8, 4) is 5.75 Å². The summed E-state index contributed by atoms with van der Waals surface area (Å²) in [6.07, 6.45) is 0. The van der Waals surface area contributed by atoms with Crippen molar-refractivity contribution in [2.45, 2.75) is 24.5 Å². The summed E-state index contributed by atoms with van der Waals surface area (Å²) in [6.45, 7) is 1.93. The molecule has 7 nitrogen and oxygen atoms in total. The average Bonchev–Trinajstić information content (AvgIpc) is 3.13. The molecule has 0 aliphatic rings. The van der Waals surface area contributed by atoms with E-state index in [-0.39, 0.29) is 6.61 Å². The molecule has 3 rings (SSSR count). The predicted octanol–water partition coefficient (Wildman–Crippen LogP) is 3.29. The lowest BCUT2D eigenvalue weighted by Crippen LogP contribution is -1.95. The van der Waals surface area contributed by atoms with E-state index in [1.54, 1.807) is 31.2 Å². The normalized spacial score (nSPS) is 10.8. The zero-order chi connectivity index (χ0) is 15.4. The molecule has 3 aromatic rings. The van der Waals surface area contributed by atoms with Crippen LogP contribution in [0.2, 0.25) is 5.02 Å². The molecule has 2 aromatic heterocycles. The van der Waals surface area contributed by atoms with Crippen LogP contribution in [0.4, 0.5) is 0 Å². The third-order valence-corrected chi connectivity index (χ3v) is 3.57. The number of thioether (sulfide) groups is 1. The first-order valence-electron chi connectivity index (χ1n) is 6.31. The number of aromatic nitrogens is 4. The van der Waals surface area contributed by atoms with E-state index in [1.807, 2.05) is 0 Å². The highest BCUT2D eigenvalue weighted by molar-refractivity contribution is 7.98. The van der Waals surface area contributed by atoms with E-state index in [0.29, 0.717) is 39.4 Å². The number of hydrogen-bond acceptors (Lipinski definition) is 8. The van der Waals surface area contributed by atoms with Crippen LogP contribution in [0.15, 0.2) is 38.3 Å². The molecule has 0 atom stereocenters. The van der Waals surface area contributed by atoms with Gasteiger partial charge in [-0.3, -0.25) is 0 Å². The summed E-state index contributed by atoms with van der Waals surface area (Å²) in [6, 6.07) is 7.04. The average molecular weight is 339 g/mol. The predicted molar refractivity (Wildman–Crippen MR) is 78.7 cm³/mol. The molecule has 2 heterocycles. The Hall–Kier alpha value is -2.06. The summed E-state index contributed by atoms with van der Waals surface area (Å²) in [5.74, 6) is 2.58. The van der Waals surface area contributed by atoms with E-state index in [4.69, 9.17) is 25.2 Å². The molecule has 114 valence electrons. The third-order valence-electron chi connectivity index (χ3n) is 2.51. The Morgan fingerprint density at radius 2 is 1.82 bits per heavy atom. The zero-order valence-corrected chi connectivity index (χ0v) is 13.1. The van der Waals surface area contributed by atoms with Crippen molar-refractivity contribution in [1.29, 1.82) is 0 Å². The van der Waals surface area contributed by atoms with E-state index < -0.39 is 0 Å². The summed E-state index contributed by atoms with van der Waals surface area (Å²) >= 11 is 7.12. The maximum absolute atomic E-state index is 5.80. The molecule has 0 saturated heterocycles. The van der Waals surface area contributed by atoms with Crippen molar-refractivity contribution in [2.75, 3.05) is 0 Å². The number of hydrogen-bond donors (Lipinski definition) is 0. The highest BCUT2D eigenvalue weighted by atomic mass is 35.5. The van der Waals surface area contributed by atoms with E-state index in [9.17, 15) is 0 Å². The Kier molecular flexibility index (Phi) is 4.59. The van der Waals surface area contributed by atoms with Crippen LogP contribution in [0, 0.1) is 6.92 Å². The van der Waals surface area contributed by atoms with Crippen molar-refractivity contribution < 1.29 is 13.6 Å². The van der Waals surface area contributed by atoms with Crippen molar-refractivity contribution in [3.63, 3.8) is 0 Å². The van der Waals surface area contributed by atoms with Crippen LogP contribution in [0.3, 0.4) is 0 Å². The van der Waals surface area contributed by atoms with Gasteiger partial charge in [0.15, 0.2) is 6.61 Å². The van der Waals surface area contributed by atoms with Crippen molar-refractivity contribution >= 4 is 23.4 Å². The van der Waals surface area contributed by atoms with E-state index >= 15 is 0 Å². The Morgan fingerprint density at radius 3 is 2.55 bits per heavy atom. The van der Waals surface area contributed by atoms with Gasteiger partial charge in [-0.05, 0) is 24.3 Å². The van der Waals surface area contributed by atoms with Crippen LogP contribution < -0.4 is 4.74 Å². The topological polar surface area (TPSA) is 87.1 Å². The molecule has 0 fully saturated rings. The molecule has 0 amide bonds. The fraction of sp³-hybridized carbons (Fsp3) is 0.231. The molecule has 22 heavy (non-hydrogen) atoms. The maximum Gasteiger partial charge on any atom is 0.277 e. The lowest BCUT2D eigenvalue weighted by molar-refractivity contribution is 0.252. The van der Waals surface area contributed by atoms with Crippen molar-refractivity contribution in [2.24, 2.45) is 0 Å². The number of ether oxygens (including phenoxy) is 1. The SMILES string of the molecule is Cc1nnc(CSc2nnc(COc3ccc(Cl)cc3)o2)o1. The Morgan fingerprint density at radius 1 is 1.05 bits per heavy atom. The second kappa shape index (κ2) is 6.80. The quantitative estimate of drug-likeness (QED) is 0.633. The van der Waals surface area contributed by atoms with Crippen LogP contribution in [0.25, 0.3) is 0 Å². The molecule has 0 radical (unpaired) electrons. The Bertz CT molecular complexity index is 744. The summed E-state index contributed by atoms with van der Waals surface area (Å²) in [5.41, 5.74) is 0. The van der Waals surface area contributed by atoms with Gasteiger partial charge >= 0.3 is 0 Å². The standard InChI is InChI=1S/C13H11ClN4O3S/c1-8-15-17-12(20-8)7-22-13-18-16-11(21-13)6-19-10-4-2-9(14)3-5-10/h2-5H,6-7H2,1H3. The smallest absolute Gasteiger partial charge is 0.277 e. The second-order valence-electron chi connectivity index (χ2n) is 4.21. The van der Waals surface area contributed by atoms with Crippen LogP contribution in [0.1, 0.15) is 17.7 Å². The lowest BCUT2D eigenvalue weighted by atomic mass is 10.3. The van der Waals surface area contributed by atoms with Gasteiger partial charge in [0.05, 0.1) is 5.75 Å². The summed E-state index contributed by atoms with van der Waals surface area (Å²) in [5, 5.41) is 16.5. The zero-order valence-electron chi connectivity index (χ0n) is 11.5. The van der Waals surface area contributed by atoms with Crippen molar-refractivity contribution in [3.05, 3.63) is 47.0 Å². The van der Waals surface area contributed by atoms with E-state index in [2.05, 4.69) is 20.4 Å². The van der Waals surface area contributed by atoms with Gasteiger partial charge in [0.25, 0.3) is 11.1 Å². The molecule has 0 aliphatic carbocycles. The minimum Gasteiger partial charge on any atom is -0.484 e. The molecule has 0 aliphatic heterocycles. The summed E-state index contributed by atoms with van der Waals surface area (Å²) in [4.78, 5) is 0. The molecule has 0 saturated carbocycles. The van der Waals surface area contributed by atoms with Crippen LogP contribution >= 0.6 is 23.4 Å². The van der Waals surface area contributed by atoms with E-state index in [0.717, 1.165) is 0 Å². The number of benzene rings is 1. The van der Waals surface area contributed by atoms with Crippen molar-refractivity contribution in [1.82, 2.24) is 20.4 Å². The Balaban J connectivity index is 1.51. The number of aryl methyl sites for hydroxylation is 1. The molecule has 1 aromatic carbocycles.